The molecule has 0 heterocycles. The topological polar surface area (TPSA) is 44.0 Å². The molecule has 1 N–H and O–H groups in total. The van der Waals surface area contributed by atoms with Gasteiger partial charge in [-0.2, -0.15) is 5.26 Å². The summed E-state index contributed by atoms with van der Waals surface area (Å²) in [5, 5.41) is 20.8. The van der Waals surface area contributed by atoms with E-state index in [9.17, 15) is 10.4 Å². The van der Waals surface area contributed by atoms with Gasteiger partial charge in [0.1, 0.15) is 0 Å². The van der Waals surface area contributed by atoms with Gasteiger partial charge < -0.3 is 5.11 Å². The molecule has 2 aliphatic carbocycles. The Morgan fingerprint density at radius 2 is 1.83 bits per heavy atom. The minimum absolute atomic E-state index is 0.330. The molecule has 0 aromatic carbocycles. The average Bonchev–Trinajstić information content (AvgIpc) is 2.39. The lowest BCUT2D eigenvalue weighted by atomic mass is 9.57. The van der Waals surface area contributed by atoms with Gasteiger partial charge in [-0.25, -0.2) is 0 Å². The highest BCUT2D eigenvalue weighted by atomic mass is 16.3. The maximum absolute atomic E-state index is 11.1. The van der Waals surface area contributed by atoms with Crippen molar-refractivity contribution in [3.05, 3.63) is 0 Å². The Morgan fingerprint density at radius 1 is 1.17 bits per heavy atom. The molecule has 102 valence electrons. The molecular weight excluding hydrogens is 222 g/mol. The Kier molecular flexibility index (Phi) is 4.02. The van der Waals surface area contributed by atoms with E-state index in [1.807, 2.05) is 6.92 Å². The lowest BCUT2D eigenvalue weighted by molar-refractivity contribution is -0.116. The number of hydrogen-bond donors (Lipinski definition) is 1. The quantitative estimate of drug-likeness (QED) is 0.802. The Bertz CT molecular complexity index is 324. The molecule has 2 aliphatic rings. The highest BCUT2D eigenvalue weighted by molar-refractivity contribution is 5.13. The smallest absolute Gasteiger partial charge is 0.0862 e. The predicted octanol–water partition coefficient (Wildman–Crippen LogP) is 4.04. The van der Waals surface area contributed by atoms with Crippen LogP contribution >= 0.6 is 0 Å². The molecular formula is C16H27NO. The van der Waals surface area contributed by atoms with Crippen LogP contribution in [-0.4, -0.2) is 10.7 Å². The number of nitrogens with zero attached hydrogens (tertiary/aromatic N) is 1. The van der Waals surface area contributed by atoms with Crippen molar-refractivity contribution in [1.29, 1.82) is 5.26 Å². The average molecular weight is 249 g/mol. The zero-order chi connectivity index (χ0) is 13.2. The number of aliphatic hydroxyl groups is 1. The molecule has 2 rings (SSSR count). The second kappa shape index (κ2) is 5.21. The molecule has 0 aromatic rings. The van der Waals surface area contributed by atoms with Crippen molar-refractivity contribution in [2.75, 3.05) is 0 Å². The third-order valence-electron chi connectivity index (χ3n) is 5.58. The summed E-state index contributed by atoms with van der Waals surface area (Å²) in [6.07, 6.45) is 10.0. The van der Waals surface area contributed by atoms with Crippen LogP contribution in [0.2, 0.25) is 0 Å². The molecule has 0 bridgehead atoms. The molecule has 0 aromatic heterocycles. The second-order valence-corrected chi connectivity index (χ2v) is 6.88. The third-order valence-corrected chi connectivity index (χ3v) is 5.58. The summed E-state index contributed by atoms with van der Waals surface area (Å²) in [5.41, 5.74) is -1.29. The van der Waals surface area contributed by atoms with Gasteiger partial charge in [0.15, 0.2) is 0 Å². The van der Waals surface area contributed by atoms with E-state index < -0.39 is 11.0 Å². The lowest BCUT2D eigenvalue weighted by Gasteiger charge is -2.49. The van der Waals surface area contributed by atoms with Gasteiger partial charge in [-0.15, -0.1) is 0 Å². The molecule has 2 heteroatoms. The molecule has 0 radical (unpaired) electrons. The van der Waals surface area contributed by atoms with Crippen molar-refractivity contribution < 1.29 is 5.11 Å². The standard InChI is InChI=1S/C16H27NO/c1-13-7-6-10-16(11-13,12-17)15(2,18)14-8-4-3-5-9-14/h13-14,18H,3-11H2,1-2H3. The lowest BCUT2D eigenvalue weighted by Crippen LogP contribution is -2.53. The first-order valence-corrected chi connectivity index (χ1v) is 7.65. The molecule has 2 fully saturated rings. The van der Waals surface area contributed by atoms with Gasteiger partial charge in [0.05, 0.1) is 17.1 Å². The monoisotopic (exact) mass is 249 g/mol. The van der Waals surface area contributed by atoms with Gasteiger partial charge >= 0.3 is 0 Å². The first-order valence-electron chi connectivity index (χ1n) is 7.65. The first-order chi connectivity index (χ1) is 8.52. The first kappa shape index (κ1) is 13.9. The van der Waals surface area contributed by atoms with E-state index in [0.29, 0.717) is 11.8 Å². The minimum Gasteiger partial charge on any atom is -0.388 e. The molecule has 0 aliphatic heterocycles. The van der Waals surface area contributed by atoms with E-state index in [4.69, 9.17) is 0 Å². The fourth-order valence-electron chi connectivity index (χ4n) is 4.28. The molecule has 0 saturated heterocycles. The fraction of sp³-hybridized carbons (Fsp3) is 0.938. The number of hydrogen-bond acceptors (Lipinski definition) is 2. The largest absolute Gasteiger partial charge is 0.388 e. The maximum Gasteiger partial charge on any atom is 0.0862 e. The number of nitriles is 1. The molecule has 0 spiro atoms. The van der Waals surface area contributed by atoms with Crippen LogP contribution in [0.15, 0.2) is 0 Å². The van der Waals surface area contributed by atoms with Gasteiger partial charge in [-0.1, -0.05) is 39.0 Å². The van der Waals surface area contributed by atoms with Gasteiger partial charge in [0.2, 0.25) is 0 Å². The normalized spacial score (nSPS) is 37.8. The summed E-state index contributed by atoms with van der Waals surface area (Å²) in [6.45, 7) is 4.17. The van der Waals surface area contributed by atoms with Crippen molar-refractivity contribution in [1.82, 2.24) is 0 Å². The molecule has 0 amide bonds. The van der Waals surface area contributed by atoms with E-state index in [1.165, 1.54) is 25.7 Å². The minimum atomic E-state index is -0.795. The highest BCUT2D eigenvalue weighted by Crippen LogP contribution is 2.51. The van der Waals surface area contributed by atoms with Crippen LogP contribution in [0.4, 0.5) is 0 Å². The SMILES string of the molecule is CC1CCCC(C#N)(C(C)(O)C2CCCCC2)C1. The van der Waals surface area contributed by atoms with E-state index in [-0.39, 0.29) is 0 Å². The summed E-state index contributed by atoms with van der Waals surface area (Å²) in [4.78, 5) is 0. The molecule has 2 nitrogen and oxygen atoms in total. The van der Waals surface area contributed by atoms with E-state index >= 15 is 0 Å². The summed E-state index contributed by atoms with van der Waals surface area (Å²) >= 11 is 0. The molecule has 18 heavy (non-hydrogen) atoms. The fourth-order valence-corrected chi connectivity index (χ4v) is 4.28. The van der Waals surface area contributed by atoms with Crippen LogP contribution in [-0.2, 0) is 0 Å². The Labute approximate surface area is 111 Å². The van der Waals surface area contributed by atoms with E-state index in [0.717, 1.165) is 32.1 Å². The maximum atomic E-state index is 11.1. The van der Waals surface area contributed by atoms with Crippen LogP contribution in [0.1, 0.15) is 71.6 Å². The Balaban J connectivity index is 2.21. The van der Waals surface area contributed by atoms with Crippen molar-refractivity contribution in [3.8, 4) is 6.07 Å². The van der Waals surface area contributed by atoms with E-state index in [1.54, 1.807) is 0 Å². The summed E-state index contributed by atoms with van der Waals surface area (Å²) < 4.78 is 0. The predicted molar refractivity (Wildman–Crippen MR) is 72.9 cm³/mol. The van der Waals surface area contributed by atoms with Gasteiger partial charge in [0.25, 0.3) is 0 Å². The van der Waals surface area contributed by atoms with Crippen LogP contribution in [0.3, 0.4) is 0 Å². The van der Waals surface area contributed by atoms with Crippen molar-refractivity contribution >= 4 is 0 Å². The Morgan fingerprint density at radius 3 is 2.39 bits per heavy atom. The molecule has 3 atom stereocenters. The second-order valence-electron chi connectivity index (χ2n) is 6.88. The summed E-state index contributed by atoms with van der Waals surface area (Å²) in [7, 11) is 0. The van der Waals surface area contributed by atoms with Crippen molar-refractivity contribution in [2.24, 2.45) is 17.3 Å². The third kappa shape index (κ3) is 2.30. The molecule has 3 unspecified atom stereocenters. The summed E-state index contributed by atoms with van der Waals surface area (Å²) in [5.74, 6) is 0.907. The van der Waals surface area contributed by atoms with Crippen LogP contribution in [0.5, 0.6) is 0 Å². The number of rotatable bonds is 2. The zero-order valence-electron chi connectivity index (χ0n) is 11.9. The van der Waals surface area contributed by atoms with Crippen molar-refractivity contribution in [2.45, 2.75) is 77.2 Å². The highest BCUT2D eigenvalue weighted by Gasteiger charge is 2.53. The zero-order valence-corrected chi connectivity index (χ0v) is 11.9. The summed E-state index contributed by atoms with van der Waals surface area (Å²) in [6, 6.07) is 2.54. The van der Waals surface area contributed by atoms with Gasteiger partial charge in [0, 0.05) is 0 Å². The van der Waals surface area contributed by atoms with Crippen LogP contribution < -0.4 is 0 Å². The van der Waals surface area contributed by atoms with Crippen LogP contribution in [0, 0.1) is 28.6 Å². The van der Waals surface area contributed by atoms with Gasteiger partial charge in [-0.3, -0.25) is 0 Å². The van der Waals surface area contributed by atoms with Gasteiger partial charge in [-0.05, 0) is 44.4 Å². The van der Waals surface area contributed by atoms with E-state index in [2.05, 4.69) is 13.0 Å². The van der Waals surface area contributed by atoms with Crippen molar-refractivity contribution in [3.63, 3.8) is 0 Å². The Hall–Kier alpha value is -0.550. The molecule has 2 saturated carbocycles. The van der Waals surface area contributed by atoms with Crippen LogP contribution in [0.25, 0.3) is 0 Å².